The monoisotopic (exact) mass is 259 g/mol. The molecule has 0 atom stereocenters. The summed E-state index contributed by atoms with van der Waals surface area (Å²) in [6.45, 7) is 5.36. The molecule has 1 rings (SSSR count). The minimum Gasteiger partial charge on any atom is -0.478 e. The van der Waals surface area contributed by atoms with Gasteiger partial charge in [-0.3, -0.25) is 0 Å². The van der Waals surface area contributed by atoms with Crippen molar-refractivity contribution in [3.8, 4) is 6.07 Å². The van der Waals surface area contributed by atoms with Crippen LogP contribution in [-0.4, -0.2) is 29.1 Å². The lowest BCUT2D eigenvalue weighted by Gasteiger charge is -2.22. The third kappa shape index (κ3) is 4.43. The molecule has 1 N–H and O–H groups in total. The van der Waals surface area contributed by atoms with Crippen molar-refractivity contribution in [3.05, 3.63) is 29.5 Å². The second-order valence-corrected chi connectivity index (χ2v) is 4.07. The van der Waals surface area contributed by atoms with Crippen molar-refractivity contribution in [2.24, 2.45) is 0 Å². The topological polar surface area (TPSA) is 77.2 Å². The fourth-order valence-corrected chi connectivity index (χ4v) is 1.78. The molecule has 0 saturated heterocycles. The number of pyridine rings is 1. The van der Waals surface area contributed by atoms with Crippen LogP contribution in [0, 0.1) is 18.3 Å². The molecule has 0 fully saturated rings. The Balaban J connectivity index is 2.92. The Hall–Kier alpha value is -2.35. The average Bonchev–Trinajstić information content (AvgIpc) is 2.39. The third-order valence-electron chi connectivity index (χ3n) is 2.66. The standard InChI is InChI=1S/C14H17N3O2/c1-3-17(8-4-7-15)14-11(2)9-12(10-16-14)5-6-13(18)19/h5-6,9-10H,3-4,8H2,1-2H3,(H,18,19)/b6-5+. The highest BCUT2D eigenvalue weighted by Gasteiger charge is 2.08. The van der Waals surface area contributed by atoms with Gasteiger partial charge in [-0.2, -0.15) is 5.26 Å². The van der Waals surface area contributed by atoms with Crippen LogP contribution in [0.25, 0.3) is 6.08 Å². The Kier molecular flexibility index (Phi) is 5.55. The van der Waals surface area contributed by atoms with Gasteiger partial charge in [0.1, 0.15) is 5.82 Å². The minimum atomic E-state index is -0.981. The van der Waals surface area contributed by atoms with Gasteiger partial charge in [0.05, 0.1) is 12.5 Å². The molecule has 0 aromatic carbocycles. The van der Waals surface area contributed by atoms with E-state index < -0.39 is 5.97 Å². The maximum Gasteiger partial charge on any atom is 0.328 e. The predicted molar refractivity (Wildman–Crippen MR) is 73.8 cm³/mol. The largest absolute Gasteiger partial charge is 0.478 e. The smallest absolute Gasteiger partial charge is 0.328 e. The fraction of sp³-hybridized carbons (Fsp3) is 0.357. The van der Waals surface area contributed by atoms with E-state index in [1.165, 1.54) is 6.08 Å². The van der Waals surface area contributed by atoms with Crippen molar-refractivity contribution >= 4 is 17.9 Å². The lowest BCUT2D eigenvalue weighted by atomic mass is 10.2. The van der Waals surface area contributed by atoms with Crippen molar-refractivity contribution in [2.45, 2.75) is 20.3 Å². The second-order valence-electron chi connectivity index (χ2n) is 4.07. The zero-order valence-corrected chi connectivity index (χ0v) is 11.1. The van der Waals surface area contributed by atoms with Crippen molar-refractivity contribution < 1.29 is 9.90 Å². The van der Waals surface area contributed by atoms with Crippen molar-refractivity contribution in [3.63, 3.8) is 0 Å². The Morgan fingerprint density at radius 2 is 2.37 bits per heavy atom. The van der Waals surface area contributed by atoms with E-state index in [2.05, 4.69) is 11.1 Å². The van der Waals surface area contributed by atoms with Crippen LogP contribution in [0.5, 0.6) is 0 Å². The van der Waals surface area contributed by atoms with Crippen LogP contribution in [0.1, 0.15) is 24.5 Å². The number of hydrogen-bond donors (Lipinski definition) is 1. The molecule has 0 spiro atoms. The number of nitriles is 1. The van der Waals surface area contributed by atoms with Crippen LogP contribution in [0.2, 0.25) is 0 Å². The zero-order valence-electron chi connectivity index (χ0n) is 11.1. The molecular formula is C14H17N3O2. The van der Waals surface area contributed by atoms with Gasteiger partial charge in [-0.1, -0.05) is 0 Å². The molecule has 0 aliphatic carbocycles. The summed E-state index contributed by atoms with van der Waals surface area (Å²) < 4.78 is 0. The SMILES string of the molecule is CCN(CCC#N)c1ncc(/C=C/C(=O)O)cc1C. The van der Waals surface area contributed by atoms with Crippen molar-refractivity contribution in [1.29, 1.82) is 5.26 Å². The molecule has 19 heavy (non-hydrogen) atoms. The van der Waals surface area contributed by atoms with Crippen LogP contribution >= 0.6 is 0 Å². The molecular weight excluding hydrogens is 242 g/mol. The maximum atomic E-state index is 10.5. The number of carboxylic acids is 1. The van der Waals surface area contributed by atoms with Crippen molar-refractivity contribution in [2.75, 3.05) is 18.0 Å². The van der Waals surface area contributed by atoms with E-state index in [0.717, 1.165) is 29.6 Å². The quantitative estimate of drug-likeness (QED) is 0.793. The summed E-state index contributed by atoms with van der Waals surface area (Å²) in [7, 11) is 0. The Labute approximate surface area is 112 Å². The van der Waals surface area contributed by atoms with Crippen LogP contribution in [-0.2, 0) is 4.79 Å². The summed E-state index contributed by atoms with van der Waals surface area (Å²) in [6.07, 6.45) is 4.69. The summed E-state index contributed by atoms with van der Waals surface area (Å²) >= 11 is 0. The number of carboxylic acid groups (broad SMARTS) is 1. The molecule has 1 aromatic rings. The number of aliphatic carboxylic acids is 1. The van der Waals surface area contributed by atoms with Gasteiger partial charge in [0.25, 0.3) is 0 Å². The first kappa shape index (κ1) is 14.7. The molecule has 1 heterocycles. The molecule has 100 valence electrons. The molecule has 0 saturated carbocycles. The summed E-state index contributed by atoms with van der Waals surface area (Å²) in [5.41, 5.74) is 1.72. The van der Waals surface area contributed by atoms with Gasteiger partial charge < -0.3 is 10.0 Å². The first-order valence-electron chi connectivity index (χ1n) is 6.08. The van der Waals surface area contributed by atoms with E-state index in [-0.39, 0.29) is 0 Å². The van der Waals surface area contributed by atoms with Crippen LogP contribution in [0.15, 0.2) is 18.3 Å². The number of hydrogen-bond acceptors (Lipinski definition) is 4. The van der Waals surface area contributed by atoms with E-state index in [1.807, 2.05) is 24.8 Å². The second kappa shape index (κ2) is 7.17. The third-order valence-corrected chi connectivity index (χ3v) is 2.66. The Bertz CT molecular complexity index is 518. The Morgan fingerprint density at radius 3 is 2.89 bits per heavy atom. The molecule has 5 nitrogen and oxygen atoms in total. The Morgan fingerprint density at radius 1 is 1.63 bits per heavy atom. The molecule has 5 heteroatoms. The fourth-order valence-electron chi connectivity index (χ4n) is 1.78. The van der Waals surface area contributed by atoms with Gasteiger partial charge in [-0.15, -0.1) is 0 Å². The first-order chi connectivity index (χ1) is 9.08. The van der Waals surface area contributed by atoms with Gasteiger partial charge in [-0.05, 0) is 37.1 Å². The number of aryl methyl sites for hydroxylation is 1. The van der Waals surface area contributed by atoms with Gasteiger partial charge in [0, 0.05) is 25.4 Å². The van der Waals surface area contributed by atoms with Crippen LogP contribution in [0.4, 0.5) is 5.82 Å². The van der Waals surface area contributed by atoms with Gasteiger partial charge >= 0.3 is 5.97 Å². The zero-order chi connectivity index (χ0) is 14.3. The summed E-state index contributed by atoms with van der Waals surface area (Å²) in [5, 5.41) is 17.2. The summed E-state index contributed by atoms with van der Waals surface area (Å²) in [4.78, 5) is 16.8. The highest BCUT2D eigenvalue weighted by atomic mass is 16.4. The lowest BCUT2D eigenvalue weighted by molar-refractivity contribution is -0.131. The van der Waals surface area contributed by atoms with E-state index in [1.54, 1.807) is 6.20 Å². The summed E-state index contributed by atoms with van der Waals surface area (Å²) in [6, 6.07) is 4.01. The average molecular weight is 259 g/mol. The van der Waals surface area contributed by atoms with Gasteiger partial charge in [0.15, 0.2) is 0 Å². The highest BCUT2D eigenvalue weighted by molar-refractivity contribution is 5.85. The van der Waals surface area contributed by atoms with Gasteiger partial charge in [0.2, 0.25) is 0 Å². The highest BCUT2D eigenvalue weighted by Crippen LogP contribution is 2.18. The summed E-state index contributed by atoms with van der Waals surface area (Å²) in [5.74, 6) is -0.142. The molecule has 0 amide bonds. The first-order valence-corrected chi connectivity index (χ1v) is 6.08. The minimum absolute atomic E-state index is 0.454. The number of rotatable bonds is 6. The number of carbonyl (C=O) groups is 1. The van der Waals surface area contributed by atoms with Crippen molar-refractivity contribution in [1.82, 2.24) is 4.98 Å². The molecule has 1 aromatic heterocycles. The molecule has 0 radical (unpaired) electrons. The number of aromatic nitrogens is 1. The molecule has 0 unspecified atom stereocenters. The van der Waals surface area contributed by atoms with Crippen LogP contribution < -0.4 is 4.90 Å². The maximum absolute atomic E-state index is 10.5. The number of anilines is 1. The lowest BCUT2D eigenvalue weighted by Crippen LogP contribution is -2.25. The van der Waals surface area contributed by atoms with Crippen LogP contribution in [0.3, 0.4) is 0 Å². The van der Waals surface area contributed by atoms with E-state index in [0.29, 0.717) is 13.0 Å². The van der Waals surface area contributed by atoms with Gasteiger partial charge in [-0.25, -0.2) is 9.78 Å². The predicted octanol–water partition coefficient (Wildman–Crippen LogP) is 2.23. The van der Waals surface area contributed by atoms with E-state index in [4.69, 9.17) is 10.4 Å². The molecule has 0 bridgehead atoms. The van der Waals surface area contributed by atoms with E-state index >= 15 is 0 Å². The molecule has 0 aliphatic heterocycles. The van der Waals surface area contributed by atoms with E-state index in [9.17, 15) is 4.79 Å². The normalized spacial score (nSPS) is 10.4. The number of nitrogens with zero attached hydrogens (tertiary/aromatic N) is 3. The molecule has 0 aliphatic rings.